The summed E-state index contributed by atoms with van der Waals surface area (Å²) in [6.07, 6.45) is -16.6. The van der Waals surface area contributed by atoms with Gasteiger partial charge in [-0.15, -0.1) is 0 Å². The van der Waals surface area contributed by atoms with Crippen LogP contribution >= 0.6 is 0 Å². The summed E-state index contributed by atoms with van der Waals surface area (Å²) in [6, 6.07) is 0. The van der Waals surface area contributed by atoms with E-state index in [1.807, 2.05) is 0 Å². The van der Waals surface area contributed by atoms with Crippen LogP contribution in [0.5, 0.6) is 0 Å². The number of hydrogen-bond donors (Lipinski definition) is 0. The zero-order chi connectivity index (χ0) is 31.7. The fourth-order valence-corrected chi connectivity index (χ4v) is 1.75. The minimum absolute atomic E-state index is 0. The summed E-state index contributed by atoms with van der Waals surface area (Å²) in [5.41, 5.74) is -2.61. The van der Waals surface area contributed by atoms with Crippen molar-refractivity contribution in [3.8, 4) is 0 Å². The normalized spacial score (nSPS) is 14.1. The number of rotatable bonds is 8. The van der Waals surface area contributed by atoms with E-state index in [9.17, 15) is 80.6 Å². The van der Waals surface area contributed by atoms with E-state index in [4.69, 9.17) is 0 Å². The van der Waals surface area contributed by atoms with Crippen molar-refractivity contribution < 1.29 is 80.6 Å². The molecular formula is C20H22F14O4Sr+2. The topological polar surface area (TPSA) is 68.3 Å². The van der Waals surface area contributed by atoms with Gasteiger partial charge in [-0.1, -0.05) is 41.5 Å². The van der Waals surface area contributed by atoms with Crippen LogP contribution in [0.3, 0.4) is 0 Å². The van der Waals surface area contributed by atoms with Crippen LogP contribution in [-0.4, -0.2) is 105 Å². The molecule has 224 valence electrons. The first-order chi connectivity index (χ1) is 16.1. The van der Waals surface area contributed by atoms with Gasteiger partial charge in [0.15, 0.2) is 0 Å². The summed E-state index contributed by atoms with van der Waals surface area (Å²) in [5.74, 6) is -32.8. The Bertz CT molecular complexity index is 833. The molecule has 0 aromatic heterocycles. The van der Waals surface area contributed by atoms with Gasteiger partial charge in [0.2, 0.25) is 11.6 Å². The Hall–Kier alpha value is -0.819. The molecule has 0 aromatic carbocycles. The third kappa shape index (κ3) is 10.2. The van der Waals surface area contributed by atoms with Gasteiger partial charge in [-0.3, -0.25) is 19.2 Å². The molecule has 0 saturated heterocycles. The van der Waals surface area contributed by atoms with E-state index in [1.165, 1.54) is 41.5 Å². The van der Waals surface area contributed by atoms with Crippen molar-refractivity contribution in [1.29, 1.82) is 0 Å². The monoisotopic (exact) mass is 680 g/mol. The Morgan fingerprint density at radius 3 is 0.718 bits per heavy atom. The van der Waals surface area contributed by atoms with Crippen molar-refractivity contribution in [3.63, 3.8) is 0 Å². The smallest absolute Gasteiger partial charge is 0.299 e. The first-order valence-corrected chi connectivity index (χ1v) is 9.88. The maximum Gasteiger partial charge on any atom is 2.00 e. The van der Waals surface area contributed by atoms with E-state index >= 15 is 0 Å². The molecule has 0 amide bonds. The molecule has 0 aliphatic rings. The quantitative estimate of drug-likeness (QED) is 0.169. The summed E-state index contributed by atoms with van der Waals surface area (Å²) in [6.45, 7) is 7.27. The van der Waals surface area contributed by atoms with Crippen molar-refractivity contribution in [1.82, 2.24) is 0 Å². The molecule has 0 heterocycles. The molecule has 0 rings (SSSR count). The van der Waals surface area contributed by atoms with Gasteiger partial charge < -0.3 is 0 Å². The number of Topliss-reactive ketones (excluding diaryl/α,β-unsaturated/α-hetero) is 4. The van der Waals surface area contributed by atoms with Gasteiger partial charge in [-0.05, 0) is 0 Å². The van der Waals surface area contributed by atoms with E-state index in [2.05, 4.69) is 0 Å². The van der Waals surface area contributed by atoms with E-state index in [0.717, 1.165) is 0 Å². The SMILES string of the molecule is CC(C)(C)C(=O)CC(=O)C(F)(F)C(F)(F)C(F)(F)F.CC(C)(C)C(=O)CC(=O)C(F)(F)C(F)(F)C(F)(F)F.[Sr+2]. The van der Waals surface area contributed by atoms with Crippen LogP contribution in [0, 0.1) is 10.8 Å². The second-order valence-corrected chi connectivity index (χ2v) is 9.84. The first-order valence-electron chi connectivity index (χ1n) is 9.88. The minimum atomic E-state index is -6.59. The van der Waals surface area contributed by atoms with Crippen molar-refractivity contribution in [2.45, 2.75) is 90.4 Å². The van der Waals surface area contributed by atoms with Crippen LogP contribution in [0.4, 0.5) is 61.5 Å². The molecule has 19 heteroatoms. The van der Waals surface area contributed by atoms with Crippen LogP contribution < -0.4 is 0 Å². The number of carbonyl (C=O) groups excluding carboxylic acids is 4. The number of ketones is 4. The molecule has 0 aromatic rings. The fourth-order valence-electron chi connectivity index (χ4n) is 1.75. The third-order valence-corrected chi connectivity index (χ3v) is 4.52. The second-order valence-electron chi connectivity index (χ2n) is 9.84. The summed E-state index contributed by atoms with van der Waals surface area (Å²) in [7, 11) is 0. The molecule has 0 saturated carbocycles. The van der Waals surface area contributed by atoms with Crippen LogP contribution in [0.1, 0.15) is 54.4 Å². The number of hydrogen-bond acceptors (Lipinski definition) is 4. The molecule has 0 radical (unpaired) electrons. The molecule has 0 aliphatic heterocycles. The van der Waals surface area contributed by atoms with E-state index in [-0.39, 0.29) is 45.5 Å². The van der Waals surface area contributed by atoms with Gasteiger partial charge in [0, 0.05) is 10.8 Å². The first kappa shape index (κ1) is 42.6. The maximum absolute atomic E-state index is 12.9. The standard InChI is InChI=1S/2C10H11F7O2.Sr/c2*1-7(2,3)5(18)4-6(19)8(11,12)9(13,14)10(15,16)17;/h2*4H2,1-3H3;/q;;+2. The van der Waals surface area contributed by atoms with Gasteiger partial charge in [-0.2, -0.15) is 61.5 Å². The van der Waals surface area contributed by atoms with Gasteiger partial charge in [0.05, 0.1) is 12.8 Å². The van der Waals surface area contributed by atoms with Crippen molar-refractivity contribution in [3.05, 3.63) is 0 Å². The number of alkyl halides is 14. The Kier molecular flexibility index (Phi) is 14.2. The van der Waals surface area contributed by atoms with Gasteiger partial charge >= 0.3 is 81.5 Å². The van der Waals surface area contributed by atoms with Crippen molar-refractivity contribution in [2.75, 3.05) is 0 Å². The predicted molar refractivity (Wildman–Crippen MR) is 106 cm³/mol. The average Bonchev–Trinajstić information content (AvgIpc) is 2.64. The molecule has 0 spiro atoms. The summed E-state index contributed by atoms with van der Waals surface area (Å²) >= 11 is 0. The van der Waals surface area contributed by atoms with Crippen LogP contribution in [0.2, 0.25) is 0 Å². The zero-order valence-electron chi connectivity index (χ0n) is 21.0. The van der Waals surface area contributed by atoms with Crippen molar-refractivity contribution in [2.24, 2.45) is 10.8 Å². The molecule has 0 unspecified atom stereocenters. The largest absolute Gasteiger partial charge is 2.00 e. The Labute approximate surface area is 249 Å². The Morgan fingerprint density at radius 2 is 0.590 bits per heavy atom. The Balaban J connectivity index is -0.000000648. The number of halogens is 14. The predicted octanol–water partition coefficient (Wildman–Crippen LogP) is 6.41. The third-order valence-electron chi connectivity index (χ3n) is 4.52. The zero-order valence-corrected chi connectivity index (χ0v) is 24.5. The summed E-state index contributed by atoms with van der Waals surface area (Å²) in [4.78, 5) is 44.2. The van der Waals surface area contributed by atoms with Crippen LogP contribution in [-0.2, 0) is 19.2 Å². The van der Waals surface area contributed by atoms with Gasteiger partial charge in [0.25, 0.3) is 0 Å². The molecule has 0 aliphatic carbocycles. The Morgan fingerprint density at radius 1 is 0.410 bits per heavy atom. The van der Waals surface area contributed by atoms with Crippen LogP contribution in [0.25, 0.3) is 0 Å². The van der Waals surface area contributed by atoms with E-state index in [1.54, 1.807) is 0 Å². The molecule has 39 heavy (non-hydrogen) atoms. The number of carbonyl (C=O) groups is 4. The second kappa shape index (κ2) is 13.0. The van der Waals surface area contributed by atoms with E-state index in [0.29, 0.717) is 0 Å². The minimum Gasteiger partial charge on any atom is -0.299 e. The summed E-state index contributed by atoms with van der Waals surface area (Å²) in [5, 5.41) is 0. The molecule has 0 N–H and O–H groups in total. The fraction of sp³-hybridized carbons (Fsp3) is 0.800. The van der Waals surface area contributed by atoms with Crippen LogP contribution in [0.15, 0.2) is 0 Å². The molecule has 0 atom stereocenters. The summed E-state index contributed by atoms with van der Waals surface area (Å²) < 4.78 is 172. The molecule has 4 nitrogen and oxygen atoms in total. The van der Waals surface area contributed by atoms with E-state index < -0.39 is 82.8 Å². The molecule has 0 bridgehead atoms. The average molecular weight is 680 g/mol. The van der Waals surface area contributed by atoms with Gasteiger partial charge in [0.1, 0.15) is 11.6 Å². The van der Waals surface area contributed by atoms with Gasteiger partial charge in [-0.25, -0.2) is 0 Å². The molecule has 0 fully saturated rings. The van der Waals surface area contributed by atoms with Crippen molar-refractivity contribution >= 4 is 68.6 Å². The maximum atomic E-state index is 12.9. The molecular weight excluding hydrogens is 658 g/mol.